The molecule has 0 aliphatic carbocycles. The first-order chi connectivity index (χ1) is 54.0. The molecule has 27 unspecified atom stereocenters. The molecule has 636 valence electrons. The number of amides is 4. The van der Waals surface area contributed by atoms with Crippen LogP contribution in [0.3, 0.4) is 0 Å². The third kappa shape index (κ3) is 25.2. The van der Waals surface area contributed by atoms with E-state index in [1.807, 2.05) is 0 Å². The lowest BCUT2D eigenvalue weighted by atomic mass is 9.95. The number of rotatable bonds is 41. The van der Waals surface area contributed by atoms with Crippen molar-refractivity contribution in [2.24, 2.45) is 0 Å². The van der Waals surface area contributed by atoms with Gasteiger partial charge in [0, 0.05) is 26.9 Å². The van der Waals surface area contributed by atoms with E-state index in [1.165, 1.54) is 19.1 Å². The summed E-state index contributed by atoms with van der Waals surface area (Å²) in [6.07, 6.45) is -46.1. The van der Waals surface area contributed by atoms with Crippen molar-refractivity contribution in [2.75, 3.05) is 85.8 Å². The zero-order valence-corrected chi connectivity index (χ0v) is 61.7. The number of ether oxygens (including phenoxy) is 15. The van der Waals surface area contributed by atoms with Crippen LogP contribution >= 0.6 is 0 Å². The third-order valence-corrected chi connectivity index (χ3v) is 18.7. The van der Waals surface area contributed by atoms with E-state index in [4.69, 9.17) is 71.1 Å². The number of hydrogen-bond acceptors (Lipinski definition) is 38. The largest absolute Gasteiger partial charge is 0.484 e. The highest BCUT2D eigenvalue weighted by Gasteiger charge is 2.55. The van der Waals surface area contributed by atoms with Crippen LogP contribution in [0.1, 0.15) is 49.5 Å². The van der Waals surface area contributed by atoms with Gasteiger partial charge in [-0.15, -0.1) is 0 Å². The predicted molar refractivity (Wildman–Crippen MR) is 374 cm³/mol. The first-order valence-electron chi connectivity index (χ1n) is 36.4. The van der Waals surface area contributed by atoms with Gasteiger partial charge in [0.05, 0.1) is 71.1 Å². The van der Waals surface area contributed by atoms with Crippen molar-refractivity contribution in [3.63, 3.8) is 0 Å². The Balaban J connectivity index is 0.825. The minimum Gasteiger partial charge on any atom is -0.484 e. The summed E-state index contributed by atoms with van der Waals surface area (Å²) in [5, 5.41) is 200. The Labute approximate surface area is 646 Å². The highest BCUT2D eigenvalue weighted by molar-refractivity contribution is 5.92. The van der Waals surface area contributed by atoms with E-state index in [0.29, 0.717) is 16.7 Å². The number of aliphatic hydroxyl groups excluding tert-OH is 18. The summed E-state index contributed by atoms with van der Waals surface area (Å²) in [5.74, 6) is -3.05. The fraction of sp³-hybridized carbons (Fsp3) is 0.676. The van der Waals surface area contributed by atoms with Crippen LogP contribution in [0.15, 0.2) is 72.8 Å². The van der Waals surface area contributed by atoms with Crippen molar-refractivity contribution in [1.29, 1.82) is 0 Å². The van der Waals surface area contributed by atoms with Crippen LogP contribution in [0, 0.1) is 0 Å². The second-order valence-corrected chi connectivity index (χ2v) is 27.2. The summed E-state index contributed by atoms with van der Waals surface area (Å²) in [6, 6.07) is 16.8. The lowest BCUT2D eigenvalue weighted by Crippen LogP contribution is -2.68. The van der Waals surface area contributed by atoms with Crippen molar-refractivity contribution in [3.8, 4) is 22.6 Å². The SMILES string of the molecule is CC(=O)NC1C(OCCCNC(=O)COc2cc(C(=O)OCc3ccccc3)cc(-c3cccc(OCC(=O)NCCCOC4OC(CO)C(OC(OC(CO)[C@@H](C)O)[C@@H](O)COC5OC(CO)C(O)C(O)C5O)C(O)C4NC(C)=O)c3)c2)OC(CO)C(OC2OC(CO)C(O)C(OC3OC(CO)C(O)C(O)C3O)C2O)C1O. The van der Waals surface area contributed by atoms with E-state index >= 15 is 0 Å². The molecule has 0 radical (unpaired) electrons. The number of nitrogens with one attached hydrogen (secondary N) is 4. The smallest absolute Gasteiger partial charge is 0.338 e. The number of carbonyl (C=O) groups excluding carboxylic acids is 5. The first-order valence-corrected chi connectivity index (χ1v) is 36.4. The molecule has 5 heterocycles. The molecular weight excluding hydrogens is 1520 g/mol. The van der Waals surface area contributed by atoms with E-state index in [2.05, 4.69) is 21.3 Å². The van der Waals surface area contributed by atoms with Gasteiger partial charge in [0.2, 0.25) is 11.8 Å². The Hall–Kier alpha value is -6.59. The van der Waals surface area contributed by atoms with Crippen molar-refractivity contribution >= 4 is 29.6 Å². The van der Waals surface area contributed by atoms with Crippen LogP contribution in [-0.4, -0.2) is 385 Å². The molecule has 5 aliphatic heterocycles. The van der Waals surface area contributed by atoms with Gasteiger partial charge in [0.25, 0.3) is 11.8 Å². The van der Waals surface area contributed by atoms with Crippen molar-refractivity contribution < 1.29 is 187 Å². The topological polar surface area (TPSA) is 636 Å². The van der Waals surface area contributed by atoms with Crippen molar-refractivity contribution in [1.82, 2.24) is 21.3 Å². The third-order valence-electron chi connectivity index (χ3n) is 18.7. The van der Waals surface area contributed by atoms with Gasteiger partial charge in [-0.1, -0.05) is 42.5 Å². The van der Waals surface area contributed by atoms with Crippen LogP contribution in [0.2, 0.25) is 0 Å². The normalized spacial score (nSPS) is 33.1. The Kier molecular flexibility index (Phi) is 36.3. The monoisotopic (exact) mass is 1620 g/mol. The summed E-state index contributed by atoms with van der Waals surface area (Å²) >= 11 is 0. The summed E-state index contributed by atoms with van der Waals surface area (Å²) in [5.41, 5.74) is 1.58. The highest BCUT2D eigenvalue weighted by atomic mass is 16.8. The molecule has 0 aromatic heterocycles. The van der Waals surface area contributed by atoms with Crippen LogP contribution in [0.5, 0.6) is 11.5 Å². The number of hydrogen-bond donors (Lipinski definition) is 22. The standard InChI is InChI=1S/C71H104N4O38/c1-32(82)42(22-76)105-66(41(85)29-104-69-59(95)57(93)52(88)43(23-77)106-69)111-62-46(26-80)109-67(50(55(62)91)74-33(2)83)99-16-8-14-72-48(86)30-101-39-13-7-12-36(19-39)37-18-38(65(98)103-28-35-10-5-4-6-11-35)21-40(20-37)102-31-49(87)73-15-9-17-100-68-51(75-34(3)84)56(92)63(47(27-81)110-68)112-71-61(97)64(54(90)45(25-79)108-71)113-70-60(96)58(94)53(89)44(24-78)107-70/h4-7,10-13,18-21,32,41-47,50-64,66-71,76-82,85,88-97H,8-9,14-17,22-31H2,1-3H3,(H,72,86)(H,73,87)(H,74,83)(H,75,84)/t32-,41+,42?,43?,44?,45?,46?,47?,50?,51?,52?,53?,54?,55?,56?,57?,58?,59?,60?,61?,62?,63?,64?,66?,67?,68?,69?,70?,71?/m1/s1. The van der Waals surface area contributed by atoms with Gasteiger partial charge in [-0.25, -0.2) is 4.79 Å². The summed E-state index contributed by atoms with van der Waals surface area (Å²) in [6.45, 7) is -4.03. The first kappa shape index (κ1) is 91.9. The second-order valence-electron chi connectivity index (χ2n) is 27.2. The predicted octanol–water partition coefficient (Wildman–Crippen LogP) is -9.66. The van der Waals surface area contributed by atoms with Gasteiger partial charge in [-0.2, -0.15) is 0 Å². The van der Waals surface area contributed by atoms with Crippen LogP contribution in [0.4, 0.5) is 0 Å². The summed E-state index contributed by atoms with van der Waals surface area (Å²) < 4.78 is 86.0. The van der Waals surface area contributed by atoms with Gasteiger partial charge >= 0.3 is 5.97 Å². The fourth-order valence-electron chi connectivity index (χ4n) is 12.6. The minimum absolute atomic E-state index is 0.00847. The molecule has 29 atom stereocenters. The minimum atomic E-state index is -2.04. The van der Waals surface area contributed by atoms with E-state index < -0.39 is 267 Å². The fourth-order valence-corrected chi connectivity index (χ4v) is 12.6. The molecule has 0 bridgehead atoms. The lowest BCUT2D eigenvalue weighted by molar-refractivity contribution is -0.376. The zero-order chi connectivity index (χ0) is 82.3. The van der Waals surface area contributed by atoms with Crippen molar-refractivity contribution in [2.45, 2.75) is 218 Å². The van der Waals surface area contributed by atoms with Crippen molar-refractivity contribution in [3.05, 3.63) is 83.9 Å². The molecular formula is C71H104N4O38. The molecule has 0 spiro atoms. The molecule has 22 N–H and O–H groups in total. The zero-order valence-electron chi connectivity index (χ0n) is 61.7. The van der Waals surface area contributed by atoms with Gasteiger partial charge in [-0.3, -0.25) is 19.2 Å². The molecule has 42 heteroatoms. The molecule has 3 aromatic carbocycles. The van der Waals surface area contributed by atoms with Crippen LogP contribution < -0.4 is 30.7 Å². The molecule has 5 fully saturated rings. The van der Waals surface area contributed by atoms with Crippen LogP contribution in [0.25, 0.3) is 11.1 Å². The second kappa shape index (κ2) is 44.7. The Morgan fingerprint density at radius 3 is 1.50 bits per heavy atom. The van der Waals surface area contributed by atoms with Gasteiger partial charge in [0.15, 0.2) is 51.0 Å². The van der Waals surface area contributed by atoms with E-state index in [-0.39, 0.29) is 62.8 Å². The number of esters is 1. The number of benzene rings is 3. The molecule has 4 amide bonds. The average Bonchev–Trinajstić information content (AvgIpc) is 0.775. The molecule has 8 rings (SSSR count). The average molecular weight is 1620 g/mol. The summed E-state index contributed by atoms with van der Waals surface area (Å²) in [7, 11) is 0. The van der Waals surface area contributed by atoms with Gasteiger partial charge in [0.1, 0.15) is 152 Å². The van der Waals surface area contributed by atoms with E-state index in [1.54, 1.807) is 60.7 Å². The molecule has 0 saturated carbocycles. The van der Waals surface area contributed by atoms with E-state index in [9.17, 15) is 116 Å². The van der Waals surface area contributed by atoms with E-state index in [0.717, 1.165) is 13.8 Å². The molecule has 5 aliphatic rings. The van der Waals surface area contributed by atoms with Gasteiger partial charge < -0.3 is 184 Å². The summed E-state index contributed by atoms with van der Waals surface area (Å²) in [4.78, 5) is 65.1. The lowest BCUT2D eigenvalue weighted by Gasteiger charge is -2.48. The highest BCUT2D eigenvalue weighted by Crippen LogP contribution is 2.36. The Morgan fingerprint density at radius 1 is 0.478 bits per heavy atom. The Bertz CT molecular complexity index is 3410. The molecule has 42 nitrogen and oxygen atoms in total. The molecule has 5 saturated heterocycles. The number of aliphatic hydroxyl groups is 18. The molecule has 3 aromatic rings. The Morgan fingerprint density at radius 2 is 0.965 bits per heavy atom. The van der Waals surface area contributed by atoms with Crippen LogP contribution in [-0.2, 0) is 87.4 Å². The van der Waals surface area contributed by atoms with Gasteiger partial charge in [-0.05, 0) is 66.8 Å². The maximum atomic E-state index is 13.7. The number of carbonyl (C=O) groups is 5. The molecule has 113 heavy (non-hydrogen) atoms. The quantitative estimate of drug-likeness (QED) is 0.0142. The maximum Gasteiger partial charge on any atom is 0.338 e. The maximum absolute atomic E-state index is 13.7.